The van der Waals surface area contributed by atoms with Crippen molar-refractivity contribution in [1.29, 1.82) is 0 Å². The maximum atomic E-state index is 11.9. The summed E-state index contributed by atoms with van der Waals surface area (Å²) in [6, 6.07) is 15.0. The van der Waals surface area contributed by atoms with Gasteiger partial charge in [0.1, 0.15) is 12.7 Å². The first kappa shape index (κ1) is 16.6. The summed E-state index contributed by atoms with van der Waals surface area (Å²) in [6.07, 6.45) is 3.64. The molecule has 134 valence electrons. The van der Waals surface area contributed by atoms with Gasteiger partial charge in [0.25, 0.3) is 0 Å². The summed E-state index contributed by atoms with van der Waals surface area (Å²) >= 11 is 0. The van der Waals surface area contributed by atoms with Crippen LogP contribution in [0.2, 0.25) is 0 Å². The summed E-state index contributed by atoms with van der Waals surface area (Å²) < 4.78 is 1.60. The molecule has 2 aromatic heterocycles. The van der Waals surface area contributed by atoms with Gasteiger partial charge in [0.15, 0.2) is 0 Å². The van der Waals surface area contributed by atoms with E-state index in [0.717, 1.165) is 28.7 Å². The number of benzene rings is 2. The maximum Gasteiger partial charge on any atom is 0.354 e. The van der Waals surface area contributed by atoms with Gasteiger partial charge in [-0.25, -0.2) is 15.0 Å². The van der Waals surface area contributed by atoms with Crippen molar-refractivity contribution in [3.05, 3.63) is 76.9 Å². The first-order valence-corrected chi connectivity index (χ1v) is 8.45. The van der Waals surface area contributed by atoms with Gasteiger partial charge in [0.2, 0.25) is 11.6 Å². The number of rotatable bonds is 5. The molecule has 8 heteroatoms. The molecule has 0 aliphatic heterocycles. The topological polar surface area (TPSA) is 98.8 Å². The number of imidazole rings is 1. The summed E-state index contributed by atoms with van der Waals surface area (Å²) in [5, 5.41) is 15.0. The number of hydrogen-bond donors (Lipinski definition) is 1. The fourth-order valence-electron chi connectivity index (χ4n) is 3.01. The van der Waals surface area contributed by atoms with Gasteiger partial charge in [-0.05, 0) is 30.2 Å². The van der Waals surface area contributed by atoms with E-state index in [4.69, 9.17) is 0 Å². The molecule has 0 fully saturated rings. The molecule has 1 N–H and O–H groups in total. The van der Waals surface area contributed by atoms with Crippen molar-refractivity contribution in [2.24, 2.45) is 0 Å². The molecule has 4 rings (SSSR count). The normalized spacial score (nSPS) is 10.9. The quantitative estimate of drug-likeness (QED) is 0.426. The van der Waals surface area contributed by atoms with E-state index in [9.17, 15) is 10.1 Å². The van der Waals surface area contributed by atoms with Crippen molar-refractivity contribution in [3.8, 4) is 5.82 Å². The number of aromatic nitrogens is 4. The van der Waals surface area contributed by atoms with Gasteiger partial charge in [-0.3, -0.25) is 14.7 Å². The van der Waals surface area contributed by atoms with Crippen LogP contribution in [0, 0.1) is 10.1 Å². The Morgan fingerprint density at radius 1 is 1.07 bits per heavy atom. The standard InChI is InChI=1S/C19H16N6O2/c1-2-13-7-3-4-8-14(13)23-18-17(25(26)27)19(21-11-20-18)24-12-22-15-9-5-6-10-16(15)24/h3-12H,2H2,1H3,(H,20,21,23). The number of aryl methyl sites for hydroxylation is 1. The highest BCUT2D eigenvalue weighted by Crippen LogP contribution is 2.32. The predicted octanol–water partition coefficient (Wildman–Crippen LogP) is 4.03. The second-order valence-corrected chi connectivity index (χ2v) is 5.89. The first-order chi connectivity index (χ1) is 13.2. The number of hydrogen-bond acceptors (Lipinski definition) is 6. The highest BCUT2D eigenvalue weighted by atomic mass is 16.6. The third kappa shape index (κ3) is 2.97. The molecule has 0 spiro atoms. The molecular weight excluding hydrogens is 344 g/mol. The summed E-state index contributed by atoms with van der Waals surface area (Å²) in [4.78, 5) is 24.0. The molecule has 2 aromatic carbocycles. The molecule has 0 atom stereocenters. The van der Waals surface area contributed by atoms with E-state index < -0.39 is 4.92 Å². The predicted molar refractivity (Wildman–Crippen MR) is 102 cm³/mol. The minimum Gasteiger partial charge on any atom is -0.334 e. The minimum atomic E-state index is -0.471. The summed E-state index contributed by atoms with van der Waals surface area (Å²) in [6.45, 7) is 2.03. The van der Waals surface area contributed by atoms with Crippen molar-refractivity contribution in [2.75, 3.05) is 5.32 Å². The second kappa shape index (κ2) is 6.83. The van der Waals surface area contributed by atoms with E-state index in [1.165, 1.54) is 12.7 Å². The summed E-state index contributed by atoms with van der Waals surface area (Å²) in [5.41, 5.74) is 3.09. The summed E-state index contributed by atoms with van der Waals surface area (Å²) in [7, 11) is 0. The Morgan fingerprint density at radius 3 is 2.67 bits per heavy atom. The van der Waals surface area contributed by atoms with Crippen LogP contribution in [0.1, 0.15) is 12.5 Å². The Balaban J connectivity index is 1.87. The van der Waals surface area contributed by atoms with Crippen molar-refractivity contribution in [2.45, 2.75) is 13.3 Å². The van der Waals surface area contributed by atoms with Crippen molar-refractivity contribution >= 4 is 28.2 Å². The molecular formula is C19H16N6O2. The zero-order valence-corrected chi connectivity index (χ0v) is 14.5. The molecule has 4 aromatic rings. The van der Waals surface area contributed by atoms with E-state index >= 15 is 0 Å². The second-order valence-electron chi connectivity index (χ2n) is 5.89. The molecule has 0 radical (unpaired) electrons. The van der Waals surface area contributed by atoms with Crippen LogP contribution in [-0.4, -0.2) is 24.4 Å². The molecule has 0 saturated heterocycles. The van der Waals surface area contributed by atoms with Crippen molar-refractivity contribution in [3.63, 3.8) is 0 Å². The lowest BCUT2D eigenvalue weighted by atomic mass is 10.1. The third-order valence-corrected chi connectivity index (χ3v) is 4.32. The average molecular weight is 360 g/mol. The van der Waals surface area contributed by atoms with Crippen molar-refractivity contribution in [1.82, 2.24) is 19.5 Å². The highest BCUT2D eigenvalue weighted by molar-refractivity contribution is 5.80. The van der Waals surface area contributed by atoms with Crippen LogP contribution in [-0.2, 0) is 6.42 Å². The Kier molecular flexibility index (Phi) is 4.21. The van der Waals surface area contributed by atoms with Crippen molar-refractivity contribution < 1.29 is 4.92 Å². The van der Waals surface area contributed by atoms with Gasteiger partial charge >= 0.3 is 5.69 Å². The Hall–Kier alpha value is -3.81. The van der Waals surface area contributed by atoms with Gasteiger partial charge in [-0.15, -0.1) is 0 Å². The van der Waals surface area contributed by atoms with Crippen LogP contribution >= 0.6 is 0 Å². The molecule has 0 saturated carbocycles. The monoisotopic (exact) mass is 360 g/mol. The number of nitro groups is 1. The number of nitrogens with zero attached hydrogens (tertiary/aromatic N) is 5. The molecule has 0 unspecified atom stereocenters. The Bertz CT molecular complexity index is 1140. The lowest BCUT2D eigenvalue weighted by Gasteiger charge is -2.12. The van der Waals surface area contributed by atoms with Crippen LogP contribution in [0.25, 0.3) is 16.9 Å². The molecule has 0 amide bonds. The SMILES string of the molecule is CCc1ccccc1Nc1ncnc(-n2cnc3ccccc32)c1[N+](=O)[O-]. The van der Waals surface area contributed by atoms with Crippen LogP contribution in [0.4, 0.5) is 17.2 Å². The highest BCUT2D eigenvalue weighted by Gasteiger charge is 2.25. The molecule has 8 nitrogen and oxygen atoms in total. The Morgan fingerprint density at radius 2 is 1.85 bits per heavy atom. The molecule has 2 heterocycles. The molecule has 0 aliphatic rings. The first-order valence-electron chi connectivity index (χ1n) is 8.45. The molecule has 0 bridgehead atoms. The number of fused-ring (bicyclic) bond motifs is 1. The fourth-order valence-corrected chi connectivity index (χ4v) is 3.01. The van der Waals surface area contributed by atoms with Gasteiger partial charge in [-0.2, -0.15) is 0 Å². The maximum absolute atomic E-state index is 11.9. The van der Waals surface area contributed by atoms with E-state index in [2.05, 4.69) is 20.3 Å². The van der Waals surface area contributed by atoms with E-state index in [1.54, 1.807) is 4.57 Å². The summed E-state index contributed by atoms with van der Waals surface area (Å²) in [5.74, 6) is 0.309. The zero-order valence-electron chi connectivity index (χ0n) is 14.5. The fraction of sp³-hybridized carbons (Fsp3) is 0.105. The Labute approximate surface area is 154 Å². The number of nitrogens with one attached hydrogen (secondary N) is 1. The van der Waals surface area contributed by atoms with Gasteiger partial charge in [0, 0.05) is 5.69 Å². The van der Waals surface area contributed by atoms with E-state index in [1.807, 2.05) is 55.5 Å². The largest absolute Gasteiger partial charge is 0.354 e. The zero-order chi connectivity index (χ0) is 18.8. The van der Waals surface area contributed by atoms with Crippen LogP contribution in [0.15, 0.2) is 61.2 Å². The third-order valence-electron chi connectivity index (χ3n) is 4.32. The van der Waals surface area contributed by atoms with Gasteiger partial charge in [-0.1, -0.05) is 37.3 Å². The van der Waals surface area contributed by atoms with E-state index in [0.29, 0.717) is 0 Å². The van der Waals surface area contributed by atoms with E-state index in [-0.39, 0.29) is 17.3 Å². The van der Waals surface area contributed by atoms with Crippen LogP contribution in [0.3, 0.4) is 0 Å². The minimum absolute atomic E-state index is 0.142. The van der Waals surface area contributed by atoms with Crippen LogP contribution < -0.4 is 5.32 Å². The molecule has 0 aliphatic carbocycles. The number of anilines is 2. The van der Waals surface area contributed by atoms with Crippen LogP contribution in [0.5, 0.6) is 0 Å². The average Bonchev–Trinajstić information content (AvgIpc) is 3.12. The van der Waals surface area contributed by atoms with Gasteiger partial charge < -0.3 is 5.32 Å². The molecule has 27 heavy (non-hydrogen) atoms. The van der Waals surface area contributed by atoms with Gasteiger partial charge in [0.05, 0.1) is 16.0 Å². The lowest BCUT2D eigenvalue weighted by molar-refractivity contribution is -0.384. The smallest absolute Gasteiger partial charge is 0.334 e. The number of para-hydroxylation sites is 3. The lowest BCUT2D eigenvalue weighted by Crippen LogP contribution is -2.08.